The number of carbonyl (C=O) groups excluding carboxylic acids is 4. The quantitative estimate of drug-likeness (QED) is 0.0169. The molecule has 0 rings (SSSR count). The Kier molecular flexibility index (Phi) is 74.1. The Bertz CT molecular complexity index is 2860. The Balaban J connectivity index is 5.55. The normalized spacial score (nSPS) is 14.9. The summed E-state index contributed by atoms with van der Waals surface area (Å²) >= 11 is 0. The highest BCUT2D eigenvalue weighted by Crippen LogP contribution is 2.45. The lowest BCUT2D eigenvalue weighted by atomic mass is 10.1. The summed E-state index contributed by atoms with van der Waals surface area (Å²) in [5, 5.41) is 10.6. The molecular formula is C89H140O17P2. The molecule has 0 aliphatic carbocycles. The molecule has 0 fully saturated rings. The van der Waals surface area contributed by atoms with E-state index in [4.69, 9.17) is 37.0 Å². The molecule has 108 heavy (non-hydrogen) atoms. The first-order valence-electron chi connectivity index (χ1n) is 40.3. The summed E-state index contributed by atoms with van der Waals surface area (Å²) in [5.41, 5.74) is 0. The molecule has 17 nitrogen and oxygen atoms in total. The molecule has 0 saturated heterocycles. The van der Waals surface area contributed by atoms with Gasteiger partial charge in [-0.1, -0.05) is 292 Å². The van der Waals surface area contributed by atoms with E-state index in [9.17, 15) is 43.2 Å². The van der Waals surface area contributed by atoms with Crippen molar-refractivity contribution in [3.8, 4) is 0 Å². The average Bonchev–Trinajstić information content (AvgIpc) is 0.896. The fourth-order valence-corrected chi connectivity index (χ4v) is 11.3. The second kappa shape index (κ2) is 78.8. The van der Waals surface area contributed by atoms with Crippen LogP contribution in [0.5, 0.6) is 0 Å². The molecule has 0 aliphatic rings. The molecule has 3 N–H and O–H groups in total. The standard InChI is InChI=1S/C89H140O17P2/c1-5-9-13-17-21-25-29-33-37-39-41-43-47-50-54-58-62-66-70-74-87(92)100-80-85(106-89(94)76-72-68-64-60-56-52-48-44-42-40-38-34-30-26-22-18-14-10-6-2)82-104-108(97,98)102-78-83(90)77-101-107(95,96)103-81-84(105-88(93)75-71-67-63-59-55-51-46-36-32-28-24-20-16-12-8-4)79-99-86(91)73-69-65-61-57-53-49-45-35-31-27-23-19-15-11-7-3/h9-11,13-15,21-28,33-38,41-46,50,53-54,57,62,65-66,69,83-85,90H,5-8,12,16-20,29-32,39-40,47-49,51-52,55-56,58-61,63-64,67-68,70-82H2,1-4H3,(H,95,96)(H,97,98)/b13-9-,14-10-,15-11-,25-21-,26-22-,27-23-,28-24-,37-33-,38-34-,43-41-,44-42-,45-35-,46-36-,54-50-,57-53-,66-62-,69-65-. The second-order valence-corrected chi connectivity index (χ2v) is 28.8. The van der Waals surface area contributed by atoms with E-state index in [1.165, 1.54) is 19.3 Å². The van der Waals surface area contributed by atoms with Crippen molar-refractivity contribution >= 4 is 39.5 Å². The van der Waals surface area contributed by atoms with Gasteiger partial charge < -0.3 is 33.8 Å². The van der Waals surface area contributed by atoms with Crippen LogP contribution in [0.2, 0.25) is 0 Å². The highest BCUT2D eigenvalue weighted by atomic mass is 31.2. The van der Waals surface area contributed by atoms with Crippen molar-refractivity contribution in [1.82, 2.24) is 0 Å². The second-order valence-electron chi connectivity index (χ2n) is 25.9. The zero-order valence-corrected chi connectivity index (χ0v) is 68.2. The van der Waals surface area contributed by atoms with Gasteiger partial charge in [-0.05, 0) is 161 Å². The molecule has 0 bridgehead atoms. The molecular weight excluding hydrogens is 1400 g/mol. The van der Waals surface area contributed by atoms with Crippen molar-refractivity contribution in [2.45, 2.75) is 290 Å². The van der Waals surface area contributed by atoms with E-state index >= 15 is 0 Å². The smallest absolute Gasteiger partial charge is 0.462 e. The molecule has 0 aromatic rings. The minimum Gasteiger partial charge on any atom is -0.462 e. The Hall–Kier alpha value is -6.36. The minimum absolute atomic E-state index is 0.0220. The van der Waals surface area contributed by atoms with Crippen molar-refractivity contribution < 1.29 is 80.2 Å². The van der Waals surface area contributed by atoms with Crippen molar-refractivity contribution in [2.75, 3.05) is 39.6 Å². The number of hydrogen-bond acceptors (Lipinski definition) is 15. The molecule has 5 atom stereocenters. The largest absolute Gasteiger partial charge is 0.472 e. The molecule has 0 saturated carbocycles. The number of carbonyl (C=O) groups is 4. The molecule has 0 spiro atoms. The third-order valence-corrected chi connectivity index (χ3v) is 17.7. The predicted molar refractivity (Wildman–Crippen MR) is 445 cm³/mol. The molecule has 19 heteroatoms. The van der Waals surface area contributed by atoms with Crippen LogP contribution >= 0.6 is 15.6 Å². The summed E-state index contributed by atoms with van der Waals surface area (Å²) in [6.07, 6.45) is 98.5. The molecule has 5 unspecified atom stereocenters. The maximum atomic E-state index is 13.1. The topological polar surface area (TPSA) is 237 Å². The fraction of sp³-hybridized carbons (Fsp3) is 0.573. The molecule has 0 aromatic carbocycles. The number of allylic oxidation sites excluding steroid dienone is 33. The predicted octanol–water partition coefficient (Wildman–Crippen LogP) is 23.9. The van der Waals surface area contributed by atoms with Crippen LogP contribution in [0.3, 0.4) is 0 Å². The van der Waals surface area contributed by atoms with E-state index in [1.807, 2.05) is 36.5 Å². The highest BCUT2D eigenvalue weighted by molar-refractivity contribution is 7.47. The lowest BCUT2D eigenvalue weighted by molar-refractivity contribution is -0.161. The number of ether oxygens (including phenoxy) is 4. The van der Waals surface area contributed by atoms with Crippen LogP contribution in [0.15, 0.2) is 207 Å². The lowest BCUT2D eigenvalue weighted by Crippen LogP contribution is -2.30. The number of esters is 4. The van der Waals surface area contributed by atoms with Crippen molar-refractivity contribution in [3.05, 3.63) is 207 Å². The van der Waals surface area contributed by atoms with Crippen LogP contribution in [0.1, 0.15) is 272 Å². The van der Waals surface area contributed by atoms with Gasteiger partial charge in [-0.25, -0.2) is 9.13 Å². The first-order chi connectivity index (χ1) is 52.7. The lowest BCUT2D eigenvalue weighted by Gasteiger charge is -2.21. The first-order valence-corrected chi connectivity index (χ1v) is 43.3. The zero-order valence-electron chi connectivity index (χ0n) is 66.4. The number of aliphatic hydroxyl groups is 1. The number of phosphoric acid groups is 2. The van der Waals surface area contributed by atoms with Gasteiger partial charge in [0, 0.05) is 19.3 Å². The Morgan fingerprint density at radius 1 is 0.278 bits per heavy atom. The minimum atomic E-state index is -5.02. The van der Waals surface area contributed by atoms with Gasteiger partial charge in [0.2, 0.25) is 0 Å². The van der Waals surface area contributed by atoms with E-state index < -0.39 is 97.5 Å². The summed E-state index contributed by atoms with van der Waals surface area (Å²) < 4.78 is 68.4. The molecule has 0 heterocycles. The van der Waals surface area contributed by atoms with Crippen LogP contribution < -0.4 is 0 Å². The average molecular weight is 1540 g/mol. The maximum absolute atomic E-state index is 13.1. The van der Waals surface area contributed by atoms with E-state index in [-0.39, 0.29) is 25.7 Å². The first kappa shape index (κ1) is 102. The van der Waals surface area contributed by atoms with E-state index in [0.29, 0.717) is 32.1 Å². The van der Waals surface area contributed by atoms with Crippen LogP contribution in [-0.4, -0.2) is 96.7 Å². The Labute approximate surface area is 652 Å². The van der Waals surface area contributed by atoms with Gasteiger partial charge in [-0.3, -0.25) is 37.3 Å². The summed E-state index contributed by atoms with van der Waals surface area (Å²) in [6, 6.07) is 0. The van der Waals surface area contributed by atoms with Crippen molar-refractivity contribution in [1.29, 1.82) is 0 Å². The van der Waals surface area contributed by atoms with Crippen LogP contribution in [0.4, 0.5) is 0 Å². The summed E-state index contributed by atoms with van der Waals surface area (Å²) in [5.74, 6) is -2.48. The van der Waals surface area contributed by atoms with E-state index in [0.717, 1.165) is 167 Å². The number of hydrogen-bond donors (Lipinski definition) is 3. The van der Waals surface area contributed by atoms with E-state index in [1.54, 1.807) is 6.08 Å². The zero-order chi connectivity index (χ0) is 78.9. The van der Waals surface area contributed by atoms with Gasteiger partial charge in [-0.2, -0.15) is 0 Å². The number of phosphoric ester groups is 2. The van der Waals surface area contributed by atoms with Gasteiger partial charge in [0.15, 0.2) is 12.2 Å². The van der Waals surface area contributed by atoms with Crippen LogP contribution in [0.25, 0.3) is 0 Å². The molecule has 0 aromatic heterocycles. The SMILES string of the molecule is CC/C=C\C/C=C\C/C=C\C/C=C\C/C=C\C/C=C\CCC(=O)OCC(COP(=O)(O)OCC(O)COP(=O)(O)OCC(COC(=O)C/C=C\C/C=C\C/C=C\C/C=C\C/C=C\CC)OC(=O)CCCCCCC/C=C\C/C=C\CCCCC)OC(=O)CCCCCCCC/C=C\C/C=C\C/C=C\C/C=C\CC. The summed E-state index contributed by atoms with van der Waals surface area (Å²) in [4.78, 5) is 73.0. The Morgan fingerprint density at radius 2 is 0.537 bits per heavy atom. The number of unbranched alkanes of at least 4 members (excludes halogenated alkanes) is 14. The van der Waals surface area contributed by atoms with Crippen molar-refractivity contribution in [2.24, 2.45) is 0 Å². The molecule has 0 amide bonds. The van der Waals surface area contributed by atoms with Crippen LogP contribution in [0, 0.1) is 0 Å². The molecule has 0 radical (unpaired) electrons. The van der Waals surface area contributed by atoms with Gasteiger partial charge in [0.25, 0.3) is 0 Å². The third kappa shape index (κ3) is 77.8. The highest BCUT2D eigenvalue weighted by Gasteiger charge is 2.30. The summed E-state index contributed by atoms with van der Waals surface area (Å²) in [6.45, 7) is 4.24. The summed E-state index contributed by atoms with van der Waals surface area (Å²) in [7, 11) is -10.0. The van der Waals surface area contributed by atoms with Gasteiger partial charge in [0.05, 0.1) is 32.8 Å². The monoisotopic (exact) mass is 1540 g/mol. The maximum Gasteiger partial charge on any atom is 0.472 e. The van der Waals surface area contributed by atoms with E-state index in [2.05, 4.69) is 192 Å². The van der Waals surface area contributed by atoms with Gasteiger partial charge in [-0.15, -0.1) is 0 Å². The Morgan fingerprint density at radius 3 is 0.861 bits per heavy atom. The van der Waals surface area contributed by atoms with Gasteiger partial charge in [0.1, 0.15) is 19.3 Å². The van der Waals surface area contributed by atoms with Gasteiger partial charge >= 0.3 is 39.5 Å². The van der Waals surface area contributed by atoms with Crippen LogP contribution in [-0.2, 0) is 65.4 Å². The van der Waals surface area contributed by atoms with Crippen molar-refractivity contribution in [3.63, 3.8) is 0 Å². The third-order valence-electron chi connectivity index (χ3n) is 15.8. The number of aliphatic hydroxyl groups excluding tert-OH is 1. The fourth-order valence-electron chi connectivity index (χ4n) is 9.75. The molecule has 0 aliphatic heterocycles. The number of rotatable bonds is 73. The molecule has 608 valence electrons.